The van der Waals surface area contributed by atoms with Gasteiger partial charge in [0.15, 0.2) is 11.8 Å². The first-order chi connectivity index (χ1) is 20.7. The van der Waals surface area contributed by atoms with Gasteiger partial charge in [-0.3, -0.25) is 4.90 Å². The van der Waals surface area contributed by atoms with Crippen LogP contribution in [0.2, 0.25) is 0 Å². The Morgan fingerprint density at radius 3 is 2.40 bits per heavy atom. The second kappa shape index (κ2) is 13.1. The molecule has 226 valence electrons. The maximum atomic E-state index is 12.9. The average Bonchev–Trinajstić information content (AvgIpc) is 3.32. The van der Waals surface area contributed by atoms with Crippen LogP contribution in [-0.2, 0) is 19.3 Å². The van der Waals surface area contributed by atoms with Crippen molar-refractivity contribution in [1.82, 2.24) is 14.8 Å². The second-order valence-corrected chi connectivity index (χ2v) is 12.6. The van der Waals surface area contributed by atoms with Gasteiger partial charge in [0.05, 0.1) is 41.1 Å². The Hall–Kier alpha value is -4.03. The number of carbonyl (C=O) groups is 1. The van der Waals surface area contributed by atoms with Gasteiger partial charge in [-0.2, -0.15) is 0 Å². The lowest BCUT2D eigenvalue weighted by Crippen LogP contribution is -2.45. The smallest absolute Gasteiger partial charge is 0.338 e. The molecule has 0 amide bonds. The highest BCUT2D eigenvalue weighted by molar-refractivity contribution is 7.91. The van der Waals surface area contributed by atoms with E-state index < -0.39 is 21.7 Å². The van der Waals surface area contributed by atoms with Gasteiger partial charge in [-0.15, -0.1) is 0 Å². The van der Waals surface area contributed by atoms with Crippen LogP contribution < -0.4 is 0 Å². The number of rotatable bonds is 10. The standard InChI is InChI=1S/C32H36N4O6S/c1-22-19-27-28(20-26(22)32(38)41-3)34-31(37)29(27)30(23-7-5-4-6-8-23)33-24-9-11-25(12-10-24)43(39,40)21-42-18-17-36-15-13-35(2)14-16-36/h4-12,19-20,34,37H,13-18,21H2,1-3H3. The highest BCUT2D eigenvalue weighted by Crippen LogP contribution is 2.33. The van der Waals surface area contributed by atoms with Crippen molar-refractivity contribution < 1.29 is 27.8 Å². The van der Waals surface area contributed by atoms with E-state index in [2.05, 4.69) is 21.8 Å². The Morgan fingerprint density at radius 1 is 1.02 bits per heavy atom. The molecule has 3 aromatic carbocycles. The first kappa shape index (κ1) is 30.4. The van der Waals surface area contributed by atoms with E-state index >= 15 is 0 Å². The third kappa shape index (κ3) is 6.97. The first-order valence-corrected chi connectivity index (χ1v) is 15.7. The topological polar surface area (TPSA) is 125 Å². The molecule has 0 saturated carbocycles. The van der Waals surface area contributed by atoms with Crippen LogP contribution in [0.3, 0.4) is 0 Å². The molecule has 0 unspecified atom stereocenters. The number of benzene rings is 3. The molecule has 43 heavy (non-hydrogen) atoms. The van der Waals surface area contributed by atoms with Crippen molar-refractivity contribution in [2.75, 3.05) is 59.4 Å². The van der Waals surface area contributed by atoms with E-state index in [0.29, 0.717) is 52.1 Å². The number of likely N-dealkylation sites (N-methyl/N-ethyl adjacent to an activating group) is 1. The first-order valence-electron chi connectivity index (χ1n) is 14.1. The number of aryl methyl sites for hydroxylation is 1. The fraction of sp³-hybridized carbons (Fsp3) is 0.312. The lowest BCUT2D eigenvalue weighted by Gasteiger charge is -2.32. The van der Waals surface area contributed by atoms with Crippen LogP contribution in [0, 0.1) is 6.92 Å². The lowest BCUT2D eigenvalue weighted by atomic mass is 9.98. The third-order valence-corrected chi connectivity index (χ3v) is 9.10. The van der Waals surface area contributed by atoms with Crippen molar-refractivity contribution in [3.8, 4) is 5.88 Å². The summed E-state index contributed by atoms with van der Waals surface area (Å²) in [5.74, 6) is -0.969. The van der Waals surface area contributed by atoms with Gasteiger partial charge in [0.2, 0.25) is 9.84 Å². The van der Waals surface area contributed by atoms with Gasteiger partial charge < -0.3 is 24.5 Å². The molecule has 1 aliphatic heterocycles. The zero-order valence-electron chi connectivity index (χ0n) is 24.5. The number of aromatic amines is 1. The summed E-state index contributed by atoms with van der Waals surface area (Å²) in [7, 11) is -0.231. The van der Waals surface area contributed by atoms with Gasteiger partial charge in [-0.25, -0.2) is 18.2 Å². The summed E-state index contributed by atoms with van der Waals surface area (Å²) in [6.07, 6.45) is 0. The number of H-pyrrole nitrogens is 1. The third-order valence-electron chi connectivity index (χ3n) is 7.64. The lowest BCUT2D eigenvalue weighted by molar-refractivity contribution is 0.0600. The van der Waals surface area contributed by atoms with Gasteiger partial charge in [0, 0.05) is 49.2 Å². The monoisotopic (exact) mass is 604 g/mol. The maximum Gasteiger partial charge on any atom is 0.338 e. The number of nitrogens with one attached hydrogen (secondary N) is 1. The molecule has 0 spiro atoms. The van der Waals surface area contributed by atoms with E-state index in [1.165, 1.54) is 19.2 Å². The summed E-state index contributed by atoms with van der Waals surface area (Å²) in [6, 6.07) is 19.1. The molecule has 1 aliphatic rings. The second-order valence-electron chi connectivity index (χ2n) is 10.7. The van der Waals surface area contributed by atoms with Crippen molar-refractivity contribution in [2.45, 2.75) is 11.8 Å². The average molecular weight is 605 g/mol. The van der Waals surface area contributed by atoms with Crippen LogP contribution in [0.1, 0.15) is 27.0 Å². The zero-order valence-corrected chi connectivity index (χ0v) is 25.4. The summed E-state index contributed by atoms with van der Waals surface area (Å²) in [5.41, 5.74) is 3.83. The van der Waals surface area contributed by atoms with Gasteiger partial charge in [0.1, 0.15) is 0 Å². The minimum absolute atomic E-state index is 0.105. The highest BCUT2D eigenvalue weighted by atomic mass is 32.2. The number of sulfone groups is 1. The van der Waals surface area contributed by atoms with Gasteiger partial charge in [0.25, 0.3) is 0 Å². The van der Waals surface area contributed by atoms with E-state index in [4.69, 9.17) is 14.5 Å². The minimum atomic E-state index is -3.65. The summed E-state index contributed by atoms with van der Waals surface area (Å²) in [6.45, 7) is 6.73. The molecule has 0 aliphatic carbocycles. The Morgan fingerprint density at radius 2 is 1.72 bits per heavy atom. The van der Waals surface area contributed by atoms with Crippen molar-refractivity contribution in [1.29, 1.82) is 0 Å². The molecule has 11 heteroatoms. The Balaban J connectivity index is 1.39. The molecule has 2 N–H and O–H groups in total. The fourth-order valence-corrected chi connectivity index (χ4v) is 6.15. The molecule has 4 aromatic rings. The van der Waals surface area contributed by atoms with Crippen LogP contribution in [0.15, 0.2) is 76.6 Å². The van der Waals surface area contributed by atoms with Crippen LogP contribution in [-0.4, -0.2) is 99.4 Å². The fourth-order valence-electron chi connectivity index (χ4n) is 5.13. The Kier molecular flexibility index (Phi) is 9.26. The van der Waals surface area contributed by atoms with Crippen LogP contribution >= 0.6 is 0 Å². The number of aliphatic imine (C=N–C) groups is 1. The van der Waals surface area contributed by atoms with Crippen LogP contribution in [0.5, 0.6) is 5.88 Å². The van der Waals surface area contributed by atoms with Crippen LogP contribution in [0.4, 0.5) is 5.69 Å². The SMILES string of the molecule is COC(=O)c1cc2[nH]c(O)c(C(=Nc3ccc(S(=O)(=O)COCCN4CCN(C)CC4)cc3)c3ccccc3)c2cc1C. The number of piperazine rings is 1. The molecule has 10 nitrogen and oxygen atoms in total. The zero-order chi connectivity index (χ0) is 30.6. The Bertz CT molecular complexity index is 1730. The maximum absolute atomic E-state index is 12.9. The molecular formula is C32H36N4O6S. The number of carbonyl (C=O) groups excluding carboxylic acids is 1. The Labute approximate surface area is 251 Å². The number of aromatic hydroxyl groups is 1. The normalized spacial score (nSPS) is 15.2. The van der Waals surface area contributed by atoms with Gasteiger partial charge in [-0.05, 0) is 55.9 Å². The van der Waals surface area contributed by atoms with Crippen molar-refractivity contribution in [3.05, 3.63) is 89.0 Å². The van der Waals surface area contributed by atoms with Crippen molar-refractivity contribution in [3.63, 3.8) is 0 Å². The van der Waals surface area contributed by atoms with Crippen LogP contribution in [0.25, 0.3) is 10.9 Å². The number of methoxy groups -OCH3 is 1. The summed E-state index contributed by atoms with van der Waals surface area (Å²) < 4.78 is 36.3. The predicted octanol–water partition coefficient (Wildman–Crippen LogP) is 4.13. The van der Waals surface area contributed by atoms with Crippen molar-refractivity contribution >= 4 is 38.1 Å². The molecule has 1 aromatic heterocycles. The molecule has 0 bridgehead atoms. The van der Waals surface area contributed by atoms with Gasteiger partial charge in [-0.1, -0.05) is 30.3 Å². The number of nitrogens with zero attached hydrogens (tertiary/aromatic N) is 3. The molecule has 1 fully saturated rings. The molecule has 1 saturated heterocycles. The highest BCUT2D eigenvalue weighted by Gasteiger charge is 2.22. The molecule has 2 heterocycles. The molecule has 5 rings (SSSR count). The summed E-state index contributed by atoms with van der Waals surface area (Å²) in [5, 5.41) is 11.7. The number of hydrogen-bond donors (Lipinski definition) is 2. The van der Waals surface area contributed by atoms with E-state index in [1.807, 2.05) is 36.4 Å². The summed E-state index contributed by atoms with van der Waals surface area (Å²) in [4.78, 5) is 24.7. The van der Waals surface area contributed by atoms with E-state index in [-0.39, 0.29) is 10.8 Å². The molecule has 0 radical (unpaired) electrons. The number of hydrogen-bond acceptors (Lipinski definition) is 9. The molecular weight excluding hydrogens is 568 g/mol. The quantitative estimate of drug-likeness (QED) is 0.157. The number of aromatic nitrogens is 1. The van der Waals surface area contributed by atoms with E-state index in [0.717, 1.165) is 31.7 Å². The minimum Gasteiger partial charge on any atom is -0.494 e. The predicted molar refractivity (Wildman–Crippen MR) is 166 cm³/mol. The van der Waals surface area contributed by atoms with E-state index in [1.54, 1.807) is 25.1 Å². The van der Waals surface area contributed by atoms with Gasteiger partial charge >= 0.3 is 5.97 Å². The number of ether oxygens (including phenoxy) is 2. The molecule has 0 atom stereocenters. The number of esters is 1. The van der Waals surface area contributed by atoms with Crippen molar-refractivity contribution in [2.24, 2.45) is 4.99 Å². The largest absolute Gasteiger partial charge is 0.494 e. The summed E-state index contributed by atoms with van der Waals surface area (Å²) >= 11 is 0. The van der Waals surface area contributed by atoms with E-state index in [9.17, 15) is 18.3 Å². The number of fused-ring (bicyclic) bond motifs is 1.